The fraction of sp³-hybridized carbons (Fsp3) is 0.0690. The minimum absolute atomic E-state index is 0.0389. The molecule has 3 aromatic carbocycles. The predicted octanol–water partition coefficient (Wildman–Crippen LogP) is 7.75. The molecule has 0 atom stereocenters. The van der Waals surface area contributed by atoms with Gasteiger partial charge in [-0.25, -0.2) is 14.4 Å². The Balaban J connectivity index is 1.64. The summed E-state index contributed by atoms with van der Waals surface area (Å²) in [6, 6.07) is 19.1. The number of pyridine rings is 1. The van der Waals surface area contributed by atoms with Crippen LogP contribution in [0.3, 0.4) is 0 Å². The third kappa shape index (κ3) is 7.41. The molecule has 1 heterocycles. The maximum Gasteiger partial charge on any atom is 0.350 e. The van der Waals surface area contributed by atoms with E-state index in [1.807, 2.05) is 6.07 Å². The molecule has 1 aromatic heterocycles. The molecular weight excluding hydrogens is 628 g/mol. The van der Waals surface area contributed by atoms with Crippen molar-refractivity contribution in [1.29, 1.82) is 5.26 Å². The fourth-order valence-electron chi connectivity index (χ4n) is 3.50. The second-order valence-electron chi connectivity index (χ2n) is 8.09. The Morgan fingerprint density at radius 1 is 0.810 bits per heavy atom. The Hall–Kier alpha value is -4.51. The van der Waals surface area contributed by atoms with E-state index >= 15 is 0 Å². The zero-order chi connectivity index (χ0) is 30.2. The van der Waals surface area contributed by atoms with Gasteiger partial charge in [-0.2, -0.15) is 10.2 Å². The number of hydrogen-bond acceptors (Lipinski definition) is 8. The fourth-order valence-corrected chi connectivity index (χ4v) is 4.43. The number of nitrogens with zero attached hydrogens (tertiary/aromatic N) is 3. The Kier molecular flexibility index (Phi) is 10.1. The highest BCUT2D eigenvalue weighted by molar-refractivity contribution is 6.36. The molecule has 4 aromatic rings. The molecule has 0 fully saturated rings. The van der Waals surface area contributed by atoms with Crippen LogP contribution in [0.15, 0.2) is 66.7 Å². The van der Waals surface area contributed by atoms with Gasteiger partial charge < -0.3 is 18.9 Å². The molecule has 0 unspecified atom stereocenters. The minimum Gasteiger partial charge on any atom is -0.480 e. The molecule has 0 bridgehead atoms. The van der Waals surface area contributed by atoms with E-state index in [9.17, 15) is 14.9 Å². The average molecular weight is 643 g/mol. The smallest absolute Gasteiger partial charge is 0.350 e. The van der Waals surface area contributed by atoms with Crippen LogP contribution in [0.5, 0.6) is 23.3 Å². The van der Waals surface area contributed by atoms with Crippen molar-refractivity contribution in [1.82, 2.24) is 4.98 Å². The molecule has 0 amide bonds. The van der Waals surface area contributed by atoms with E-state index < -0.39 is 36.9 Å². The first-order valence-electron chi connectivity index (χ1n) is 11.7. The van der Waals surface area contributed by atoms with Gasteiger partial charge in [0.2, 0.25) is 11.8 Å². The number of esters is 2. The number of nitriles is 1. The molecule has 4 rings (SSSR count). The maximum atomic E-state index is 12.7. The number of hydrogen-bond donors (Lipinski definition) is 0. The standard InChI is InChI=1S/C29H15Cl4N3O6/c1-35-27-26(16-5-3-2-4-6-16)19(13-34)28(41-24(37)14-39-22-9-7-17(30)11-20(22)32)36-29(27)42-25(38)15-40-23-10-8-18(31)12-21(23)33/h2-12H,14-15H2. The van der Waals surface area contributed by atoms with Crippen molar-refractivity contribution in [3.05, 3.63) is 104 Å². The molecule has 0 saturated heterocycles. The maximum absolute atomic E-state index is 12.7. The van der Waals surface area contributed by atoms with Crippen molar-refractivity contribution in [2.75, 3.05) is 13.2 Å². The van der Waals surface area contributed by atoms with Crippen LogP contribution in [0, 0.1) is 17.9 Å². The van der Waals surface area contributed by atoms with E-state index in [0.29, 0.717) is 15.6 Å². The van der Waals surface area contributed by atoms with Crippen LogP contribution >= 0.6 is 46.4 Å². The van der Waals surface area contributed by atoms with Crippen molar-refractivity contribution in [3.63, 3.8) is 0 Å². The molecule has 0 spiro atoms. The number of benzene rings is 3. The first-order chi connectivity index (χ1) is 20.2. The van der Waals surface area contributed by atoms with Gasteiger partial charge in [0.1, 0.15) is 23.1 Å². The van der Waals surface area contributed by atoms with Crippen molar-refractivity contribution in [3.8, 4) is 40.5 Å². The lowest BCUT2D eigenvalue weighted by Gasteiger charge is -2.15. The van der Waals surface area contributed by atoms with Gasteiger partial charge in [0.05, 0.1) is 16.6 Å². The Bertz CT molecular complexity index is 1650. The van der Waals surface area contributed by atoms with Gasteiger partial charge in [-0.3, -0.25) is 0 Å². The normalized spacial score (nSPS) is 10.2. The lowest BCUT2D eigenvalue weighted by atomic mass is 10.00. The third-order valence-corrected chi connectivity index (χ3v) is 6.35. The van der Waals surface area contributed by atoms with E-state index in [2.05, 4.69) is 9.83 Å². The Morgan fingerprint density at radius 3 is 1.81 bits per heavy atom. The summed E-state index contributed by atoms with van der Waals surface area (Å²) >= 11 is 23.9. The average Bonchev–Trinajstić information content (AvgIpc) is 2.96. The monoisotopic (exact) mass is 641 g/mol. The Morgan fingerprint density at radius 2 is 1.33 bits per heavy atom. The van der Waals surface area contributed by atoms with E-state index in [0.717, 1.165) is 0 Å². The molecule has 42 heavy (non-hydrogen) atoms. The van der Waals surface area contributed by atoms with E-state index in [1.165, 1.54) is 36.4 Å². The molecule has 0 radical (unpaired) electrons. The summed E-state index contributed by atoms with van der Waals surface area (Å²) in [6.07, 6.45) is 0. The first-order valence-corrected chi connectivity index (χ1v) is 13.2. The van der Waals surface area contributed by atoms with Crippen molar-refractivity contribution < 1.29 is 28.5 Å². The van der Waals surface area contributed by atoms with E-state index in [4.69, 9.17) is 71.9 Å². The number of aromatic nitrogens is 1. The SMILES string of the molecule is [C-]#[N+]c1c(OC(=O)COc2ccc(Cl)cc2Cl)nc(OC(=O)COc2ccc(Cl)cc2Cl)c(C#N)c1-c1ccccc1. The van der Waals surface area contributed by atoms with Gasteiger partial charge in [-0.05, 0) is 42.0 Å². The topological polar surface area (TPSA) is 112 Å². The lowest BCUT2D eigenvalue weighted by Crippen LogP contribution is -2.21. The highest BCUT2D eigenvalue weighted by Crippen LogP contribution is 2.43. The zero-order valence-corrected chi connectivity index (χ0v) is 24.1. The summed E-state index contributed by atoms with van der Waals surface area (Å²) in [5.41, 5.74) is -0.0591. The van der Waals surface area contributed by atoms with Gasteiger partial charge in [0.25, 0.3) is 5.69 Å². The van der Waals surface area contributed by atoms with Crippen molar-refractivity contribution in [2.24, 2.45) is 0 Å². The van der Waals surface area contributed by atoms with Crippen LogP contribution in [0.25, 0.3) is 16.0 Å². The number of carbonyl (C=O) groups is 2. The molecule has 0 N–H and O–H groups in total. The summed E-state index contributed by atoms with van der Waals surface area (Å²) in [7, 11) is 0. The molecule has 210 valence electrons. The van der Waals surface area contributed by atoms with Gasteiger partial charge in [0.15, 0.2) is 13.2 Å². The largest absolute Gasteiger partial charge is 0.480 e. The summed E-state index contributed by atoms with van der Waals surface area (Å²) < 4.78 is 21.5. The van der Waals surface area contributed by atoms with Crippen LogP contribution in [-0.2, 0) is 9.59 Å². The van der Waals surface area contributed by atoms with Gasteiger partial charge in [-0.15, -0.1) is 0 Å². The number of carbonyl (C=O) groups excluding carboxylic acids is 2. The second-order valence-corrected chi connectivity index (χ2v) is 9.77. The summed E-state index contributed by atoms with van der Waals surface area (Å²) in [5.74, 6) is -2.61. The molecule has 0 aliphatic rings. The molecular formula is C29H15Cl4N3O6. The molecule has 13 heteroatoms. The molecule has 9 nitrogen and oxygen atoms in total. The molecule has 0 aliphatic heterocycles. The highest BCUT2D eigenvalue weighted by Gasteiger charge is 2.27. The van der Waals surface area contributed by atoms with Crippen LogP contribution in [0.2, 0.25) is 20.1 Å². The molecule has 0 saturated carbocycles. The van der Waals surface area contributed by atoms with Gasteiger partial charge in [-0.1, -0.05) is 76.7 Å². The second kappa shape index (κ2) is 13.9. The number of rotatable bonds is 9. The van der Waals surface area contributed by atoms with Crippen LogP contribution in [0.1, 0.15) is 5.56 Å². The van der Waals surface area contributed by atoms with Gasteiger partial charge in [0, 0.05) is 15.6 Å². The molecule has 0 aliphatic carbocycles. The first kappa shape index (κ1) is 30.4. The summed E-state index contributed by atoms with van der Waals surface area (Å²) in [5, 5.41) is 11.1. The highest BCUT2D eigenvalue weighted by atomic mass is 35.5. The Labute approximate surface area is 259 Å². The predicted molar refractivity (Wildman–Crippen MR) is 156 cm³/mol. The summed E-state index contributed by atoms with van der Waals surface area (Å²) in [6.45, 7) is 6.52. The quantitative estimate of drug-likeness (QED) is 0.135. The third-order valence-electron chi connectivity index (χ3n) is 5.29. The minimum atomic E-state index is -0.961. The van der Waals surface area contributed by atoms with Crippen molar-refractivity contribution >= 4 is 64.0 Å². The van der Waals surface area contributed by atoms with E-state index in [1.54, 1.807) is 30.3 Å². The zero-order valence-electron chi connectivity index (χ0n) is 21.1. The van der Waals surface area contributed by atoms with Crippen LogP contribution in [0.4, 0.5) is 5.69 Å². The van der Waals surface area contributed by atoms with Crippen molar-refractivity contribution in [2.45, 2.75) is 0 Å². The van der Waals surface area contributed by atoms with Gasteiger partial charge >= 0.3 is 11.9 Å². The van der Waals surface area contributed by atoms with E-state index in [-0.39, 0.29) is 38.4 Å². The summed E-state index contributed by atoms with van der Waals surface area (Å²) in [4.78, 5) is 32.9. The van der Waals surface area contributed by atoms with Crippen LogP contribution in [-0.4, -0.2) is 30.1 Å². The van der Waals surface area contributed by atoms with Crippen LogP contribution < -0.4 is 18.9 Å². The number of halogens is 4. The lowest BCUT2D eigenvalue weighted by molar-refractivity contribution is -0.137. The number of ether oxygens (including phenoxy) is 4.